The summed E-state index contributed by atoms with van der Waals surface area (Å²) in [6.07, 6.45) is 0.446. The van der Waals surface area contributed by atoms with Gasteiger partial charge in [-0.05, 0) is 25.5 Å². The maximum Gasteiger partial charge on any atom is 0.224 e. The summed E-state index contributed by atoms with van der Waals surface area (Å²) in [5, 5.41) is 11.4. The number of aliphatic hydroxyl groups is 1. The lowest BCUT2D eigenvalue weighted by Gasteiger charge is -2.10. The van der Waals surface area contributed by atoms with Crippen molar-refractivity contribution in [1.29, 1.82) is 0 Å². The predicted molar refractivity (Wildman–Crippen MR) is 61.9 cm³/mol. The number of hydrogen-bond acceptors (Lipinski definition) is 2. The van der Waals surface area contributed by atoms with Crippen LogP contribution in [0.25, 0.3) is 0 Å². The van der Waals surface area contributed by atoms with Crippen LogP contribution in [0.4, 0.5) is 8.78 Å². The number of rotatable bonds is 4. The summed E-state index contributed by atoms with van der Waals surface area (Å²) in [4.78, 5) is 11.7. The number of hydrogen-bond donors (Lipinski definition) is 2. The topological polar surface area (TPSA) is 49.3 Å². The standard InChI is InChI=1S/C13H15F2NO2/c1-7(6-17)16-13(18)9-5-8(9)12-10(14)3-2-4-11(12)15/h2-4,7-9,17H,5-6H2,1H3,(H,16,18). The fourth-order valence-electron chi connectivity index (χ4n) is 2.06. The van der Waals surface area contributed by atoms with Gasteiger partial charge in [0.1, 0.15) is 11.6 Å². The van der Waals surface area contributed by atoms with E-state index in [0.717, 1.165) is 0 Å². The Balaban J connectivity index is 2.05. The summed E-state index contributed by atoms with van der Waals surface area (Å²) < 4.78 is 27.0. The van der Waals surface area contributed by atoms with E-state index in [2.05, 4.69) is 5.32 Å². The largest absolute Gasteiger partial charge is 0.394 e. The molecule has 18 heavy (non-hydrogen) atoms. The molecule has 0 aliphatic heterocycles. The first-order chi connectivity index (χ1) is 8.54. The molecule has 1 saturated carbocycles. The molecule has 2 N–H and O–H groups in total. The minimum absolute atomic E-state index is 0.00528. The van der Waals surface area contributed by atoms with Crippen LogP contribution in [-0.2, 0) is 4.79 Å². The van der Waals surface area contributed by atoms with E-state index in [1.165, 1.54) is 18.2 Å². The van der Waals surface area contributed by atoms with Crippen molar-refractivity contribution in [2.45, 2.75) is 25.3 Å². The van der Waals surface area contributed by atoms with Gasteiger partial charge in [-0.2, -0.15) is 0 Å². The van der Waals surface area contributed by atoms with E-state index in [1.54, 1.807) is 6.92 Å². The van der Waals surface area contributed by atoms with Crippen molar-refractivity contribution in [3.8, 4) is 0 Å². The fraction of sp³-hybridized carbons (Fsp3) is 0.462. The summed E-state index contributed by atoms with van der Waals surface area (Å²) in [5.74, 6) is -2.26. The van der Waals surface area contributed by atoms with E-state index in [4.69, 9.17) is 5.11 Å². The molecule has 3 atom stereocenters. The zero-order chi connectivity index (χ0) is 13.3. The minimum Gasteiger partial charge on any atom is -0.394 e. The van der Waals surface area contributed by atoms with E-state index in [1.807, 2.05) is 0 Å². The highest BCUT2D eigenvalue weighted by molar-refractivity contribution is 5.83. The fourth-order valence-corrected chi connectivity index (χ4v) is 2.06. The summed E-state index contributed by atoms with van der Waals surface area (Å²) >= 11 is 0. The van der Waals surface area contributed by atoms with Crippen LogP contribution in [0.5, 0.6) is 0 Å². The monoisotopic (exact) mass is 255 g/mol. The third-order valence-electron chi connectivity index (χ3n) is 3.16. The van der Waals surface area contributed by atoms with E-state index in [9.17, 15) is 13.6 Å². The Hall–Kier alpha value is -1.49. The van der Waals surface area contributed by atoms with Gasteiger partial charge in [-0.25, -0.2) is 8.78 Å². The van der Waals surface area contributed by atoms with Crippen LogP contribution in [0.15, 0.2) is 18.2 Å². The molecular formula is C13H15F2NO2. The highest BCUT2D eigenvalue weighted by Gasteiger charge is 2.46. The summed E-state index contributed by atoms with van der Waals surface area (Å²) in [7, 11) is 0. The summed E-state index contributed by atoms with van der Waals surface area (Å²) in [6, 6.07) is 3.35. The van der Waals surface area contributed by atoms with Gasteiger partial charge in [-0.3, -0.25) is 4.79 Å². The molecule has 1 fully saturated rings. The third kappa shape index (κ3) is 2.51. The van der Waals surface area contributed by atoms with Crippen LogP contribution in [0.2, 0.25) is 0 Å². The number of nitrogens with one attached hydrogen (secondary N) is 1. The Labute approximate surface area is 104 Å². The third-order valence-corrected chi connectivity index (χ3v) is 3.16. The van der Waals surface area contributed by atoms with Gasteiger partial charge >= 0.3 is 0 Å². The van der Waals surface area contributed by atoms with Crippen molar-refractivity contribution in [3.63, 3.8) is 0 Å². The molecule has 1 aromatic rings. The molecule has 5 heteroatoms. The highest BCUT2D eigenvalue weighted by Crippen LogP contribution is 2.49. The zero-order valence-electron chi connectivity index (χ0n) is 9.99. The van der Waals surface area contributed by atoms with Crippen molar-refractivity contribution in [1.82, 2.24) is 5.32 Å². The Morgan fingerprint density at radius 3 is 2.67 bits per heavy atom. The van der Waals surface area contributed by atoms with Crippen molar-refractivity contribution < 1.29 is 18.7 Å². The van der Waals surface area contributed by atoms with Gasteiger partial charge in [0.25, 0.3) is 0 Å². The van der Waals surface area contributed by atoms with Gasteiger partial charge in [0.15, 0.2) is 0 Å². The first kappa shape index (κ1) is 13.0. The van der Waals surface area contributed by atoms with E-state index >= 15 is 0 Å². The van der Waals surface area contributed by atoms with Gasteiger partial charge in [0.05, 0.1) is 6.61 Å². The lowest BCUT2D eigenvalue weighted by molar-refractivity contribution is -0.123. The summed E-state index contributed by atoms with van der Waals surface area (Å²) in [6.45, 7) is 1.51. The van der Waals surface area contributed by atoms with Gasteiger partial charge < -0.3 is 10.4 Å². The van der Waals surface area contributed by atoms with Crippen molar-refractivity contribution in [3.05, 3.63) is 35.4 Å². The van der Waals surface area contributed by atoms with Crippen LogP contribution >= 0.6 is 0 Å². The summed E-state index contributed by atoms with van der Waals surface area (Å²) in [5.41, 5.74) is -0.00528. The van der Waals surface area contributed by atoms with E-state index in [-0.39, 0.29) is 24.1 Å². The molecule has 0 aromatic heterocycles. The Morgan fingerprint density at radius 1 is 1.50 bits per heavy atom. The second-order valence-electron chi connectivity index (χ2n) is 4.68. The Morgan fingerprint density at radius 2 is 2.11 bits per heavy atom. The molecule has 0 saturated heterocycles. The maximum absolute atomic E-state index is 13.5. The van der Waals surface area contributed by atoms with Crippen molar-refractivity contribution >= 4 is 5.91 Å². The van der Waals surface area contributed by atoms with Gasteiger partial charge in [0, 0.05) is 23.4 Å². The first-order valence-electron chi connectivity index (χ1n) is 5.89. The van der Waals surface area contributed by atoms with Gasteiger partial charge in [-0.15, -0.1) is 0 Å². The molecule has 0 heterocycles. The average molecular weight is 255 g/mol. The molecule has 1 aliphatic rings. The normalized spacial score (nSPS) is 23.6. The molecule has 0 spiro atoms. The van der Waals surface area contributed by atoms with Gasteiger partial charge in [0.2, 0.25) is 5.91 Å². The Kier molecular flexibility index (Phi) is 3.61. The van der Waals surface area contributed by atoms with Crippen LogP contribution in [-0.4, -0.2) is 23.7 Å². The molecule has 0 bridgehead atoms. The van der Waals surface area contributed by atoms with Crippen LogP contribution in [0.3, 0.4) is 0 Å². The average Bonchev–Trinajstić information content (AvgIpc) is 3.08. The molecule has 1 aromatic carbocycles. The number of aliphatic hydroxyl groups excluding tert-OH is 1. The second kappa shape index (κ2) is 5.02. The molecule has 1 aliphatic carbocycles. The van der Waals surface area contributed by atoms with Gasteiger partial charge in [-0.1, -0.05) is 6.07 Å². The van der Waals surface area contributed by atoms with E-state index < -0.39 is 23.5 Å². The Bertz CT molecular complexity index is 444. The maximum atomic E-state index is 13.5. The lowest BCUT2D eigenvalue weighted by Crippen LogP contribution is -2.36. The molecule has 0 radical (unpaired) electrons. The lowest BCUT2D eigenvalue weighted by atomic mass is 10.1. The smallest absolute Gasteiger partial charge is 0.224 e. The molecular weight excluding hydrogens is 240 g/mol. The molecule has 3 nitrogen and oxygen atoms in total. The quantitative estimate of drug-likeness (QED) is 0.858. The molecule has 2 rings (SSSR count). The number of carbonyl (C=O) groups excluding carboxylic acids is 1. The first-order valence-corrected chi connectivity index (χ1v) is 5.89. The van der Waals surface area contributed by atoms with Crippen molar-refractivity contribution in [2.75, 3.05) is 6.61 Å². The SMILES string of the molecule is CC(CO)NC(=O)C1CC1c1c(F)cccc1F. The molecule has 3 unspecified atom stereocenters. The highest BCUT2D eigenvalue weighted by atomic mass is 19.1. The van der Waals surface area contributed by atoms with Crippen LogP contribution in [0.1, 0.15) is 24.8 Å². The molecule has 1 amide bonds. The zero-order valence-corrected chi connectivity index (χ0v) is 9.99. The van der Waals surface area contributed by atoms with Crippen molar-refractivity contribution in [2.24, 2.45) is 5.92 Å². The number of carbonyl (C=O) groups is 1. The van der Waals surface area contributed by atoms with E-state index in [0.29, 0.717) is 6.42 Å². The van der Waals surface area contributed by atoms with Crippen LogP contribution < -0.4 is 5.32 Å². The number of halogens is 2. The van der Waals surface area contributed by atoms with Crippen LogP contribution in [0, 0.1) is 17.6 Å². The second-order valence-corrected chi connectivity index (χ2v) is 4.68. The molecule has 98 valence electrons. The minimum atomic E-state index is -0.606. The number of amides is 1. The predicted octanol–water partition coefficient (Wildman–Crippen LogP) is 1.57. The number of benzene rings is 1.